The summed E-state index contributed by atoms with van der Waals surface area (Å²) in [6.07, 6.45) is 5.84. The van der Waals surface area contributed by atoms with E-state index in [2.05, 4.69) is 19.8 Å². The largest absolute Gasteiger partial charge is 0.351 e. The molecule has 6 heterocycles. The minimum atomic E-state index is -0.463. The maximum atomic E-state index is 13.1. The molecule has 0 amide bonds. The van der Waals surface area contributed by atoms with Crippen LogP contribution >= 0.6 is 0 Å². The molecule has 0 saturated carbocycles. The first-order valence-corrected chi connectivity index (χ1v) is 8.91. The zero-order valence-corrected chi connectivity index (χ0v) is 14.1. The van der Waals surface area contributed by atoms with E-state index in [1.165, 1.54) is 32.0 Å². The number of pyridine rings is 2. The monoisotopic (exact) mass is 340 g/mol. The molecule has 2 aromatic heterocycles. The summed E-state index contributed by atoms with van der Waals surface area (Å²) in [5, 5.41) is 0. The van der Waals surface area contributed by atoms with Crippen molar-refractivity contribution in [2.24, 2.45) is 5.92 Å². The summed E-state index contributed by atoms with van der Waals surface area (Å²) in [6.45, 7) is 4.94. The van der Waals surface area contributed by atoms with Crippen LogP contribution < -0.4 is 4.90 Å². The van der Waals surface area contributed by atoms with Crippen LogP contribution in [-0.4, -0.2) is 53.4 Å². The molecule has 0 radical (unpaired) electrons. The minimum Gasteiger partial charge on any atom is -0.351 e. The van der Waals surface area contributed by atoms with Crippen LogP contribution in [0.25, 0.3) is 11.1 Å². The highest BCUT2D eigenvalue weighted by atomic mass is 19.1. The van der Waals surface area contributed by atoms with Gasteiger partial charge in [-0.2, -0.15) is 4.39 Å². The van der Waals surface area contributed by atoms with Gasteiger partial charge in [-0.3, -0.25) is 0 Å². The zero-order chi connectivity index (χ0) is 16.9. The van der Waals surface area contributed by atoms with E-state index in [0.29, 0.717) is 12.6 Å². The molecule has 2 aromatic rings. The van der Waals surface area contributed by atoms with E-state index in [9.17, 15) is 4.39 Å². The molecule has 1 atom stereocenters. The summed E-state index contributed by atoms with van der Waals surface area (Å²) in [5.41, 5.74) is 1.85. The standard InChI is InChI=1S/C19H21FN4O/c20-17-2-1-15(10-22-17)14-3-6-21-18(9-14)24-12-19(25-13-24)11-23-7-4-16(19)5-8-23/h1-3,6,9-10,16H,4-5,7-8,11-13H2/t19-/m1/s1. The van der Waals surface area contributed by atoms with Crippen LogP contribution in [0.5, 0.6) is 0 Å². The lowest BCUT2D eigenvalue weighted by Crippen LogP contribution is -2.61. The summed E-state index contributed by atoms with van der Waals surface area (Å²) >= 11 is 0. The molecular formula is C19H21FN4O. The van der Waals surface area contributed by atoms with E-state index in [4.69, 9.17) is 4.74 Å². The quantitative estimate of drug-likeness (QED) is 0.786. The molecule has 4 aliphatic rings. The van der Waals surface area contributed by atoms with Crippen molar-refractivity contribution < 1.29 is 9.13 Å². The van der Waals surface area contributed by atoms with Crippen molar-refractivity contribution in [3.05, 3.63) is 42.6 Å². The molecular weight excluding hydrogens is 319 g/mol. The Morgan fingerprint density at radius 3 is 2.68 bits per heavy atom. The number of hydrogen-bond acceptors (Lipinski definition) is 5. The van der Waals surface area contributed by atoms with Crippen LogP contribution in [0.2, 0.25) is 0 Å². The summed E-state index contributed by atoms with van der Waals surface area (Å²) in [6, 6.07) is 7.10. The van der Waals surface area contributed by atoms with Crippen molar-refractivity contribution in [1.29, 1.82) is 0 Å². The van der Waals surface area contributed by atoms with Gasteiger partial charge in [-0.15, -0.1) is 0 Å². The number of fused-ring (bicyclic) bond motifs is 2. The Labute approximate surface area is 146 Å². The van der Waals surface area contributed by atoms with Crippen LogP contribution in [-0.2, 0) is 4.74 Å². The average Bonchev–Trinajstić information content (AvgIpc) is 3.07. The van der Waals surface area contributed by atoms with Gasteiger partial charge in [0.15, 0.2) is 0 Å². The van der Waals surface area contributed by atoms with Crippen molar-refractivity contribution in [3.63, 3.8) is 0 Å². The molecule has 6 heteroatoms. The third-order valence-corrected chi connectivity index (χ3v) is 5.92. The fraction of sp³-hybridized carbons (Fsp3) is 0.474. The van der Waals surface area contributed by atoms with Crippen molar-refractivity contribution in [1.82, 2.24) is 14.9 Å². The second kappa shape index (κ2) is 5.75. The van der Waals surface area contributed by atoms with Gasteiger partial charge in [0.05, 0.1) is 6.54 Å². The number of hydrogen-bond donors (Lipinski definition) is 0. The van der Waals surface area contributed by atoms with E-state index in [0.717, 1.165) is 30.0 Å². The molecule has 25 heavy (non-hydrogen) atoms. The van der Waals surface area contributed by atoms with Crippen LogP contribution in [0.1, 0.15) is 12.8 Å². The molecule has 4 aliphatic heterocycles. The Balaban J connectivity index is 1.39. The number of ether oxygens (including phenoxy) is 1. The van der Waals surface area contributed by atoms with Gasteiger partial charge in [-0.1, -0.05) is 0 Å². The Hall–Kier alpha value is -2.05. The molecule has 0 N–H and O–H groups in total. The smallest absolute Gasteiger partial charge is 0.212 e. The molecule has 0 aliphatic carbocycles. The maximum Gasteiger partial charge on any atom is 0.212 e. The van der Waals surface area contributed by atoms with Crippen LogP contribution in [0, 0.1) is 11.9 Å². The molecule has 1 spiro atoms. The number of nitrogens with zero attached hydrogens (tertiary/aromatic N) is 4. The van der Waals surface area contributed by atoms with Crippen molar-refractivity contribution in [3.8, 4) is 11.1 Å². The Bertz CT molecular complexity index is 775. The maximum absolute atomic E-state index is 13.1. The highest BCUT2D eigenvalue weighted by molar-refractivity contribution is 5.65. The molecule has 0 aromatic carbocycles. The molecule has 2 bridgehead atoms. The highest BCUT2D eigenvalue weighted by Gasteiger charge is 2.51. The molecule has 4 fully saturated rings. The average molecular weight is 340 g/mol. The first-order valence-electron chi connectivity index (χ1n) is 8.91. The summed E-state index contributed by atoms with van der Waals surface area (Å²) in [4.78, 5) is 13.0. The lowest BCUT2D eigenvalue weighted by atomic mass is 9.75. The van der Waals surface area contributed by atoms with E-state index < -0.39 is 5.95 Å². The number of anilines is 1. The van der Waals surface area contributed by atoms with Gasteiger partial charge < -0.3 is 14.5 Å². The zero-order valence-electron chi connectivity index (χ0n) is 14.1. The van der Waals surface area contributed by atoms with Gasteiger partial charge in [-0.05, 0) is 61.7 Å². The van der Waals surface area contributed by atoms with Crippen molar-refractivity contribution in [2.45, 2.75) is 18.4 Å². The van der Waals surface area contributed by atoms with Gasteiger partial charge in [-0.25, -0.2) is 9.97 Å². The topological polar surface area (TPSA) is 41.5 Å². The fourth-order valence-corrected chi connectivity index (χ4v) is 4.55. The van der Waals surface area contributed by atoms with E-state index >= 15 is 0 Å². The minimum absolute atomic E-state index is 0.0361. The third kappa shape index (κ3) is 2.60. The lowest BCUT2D eigenvalue weighted by molar-refractivity contribution is -0.116. The Morgan fingerprint density at radius 2 is 1.96 bits per heavy atom. The Morgan fingerprint density at radius 1 is 1.08 bits per heavy atom. The molecule has 0 unspecified atom stereocenters. The number of rotatable bonds is 2. The summed E-state index contributed by atoms with van der Waals surface area (Å²) in [7, 11) is 0. The second-order valence-electron chi connectivity index (χ2n) is 7.36. The molecule has 5 nitrogen and oxygen atoms in total. The van der Waals surface area contributed by atoms with E-state index in [1.54, 1.807) is 18.5 Å². The van der Waals surface area contributed by atoms with Gasteiger partial charge in [0, 0.05) is 24.5 Å². The summed E-state index contributed by atoms with van der Waals surface area (Å²) < 4.78 is 19.4. The second-order valence-corrected chi connectivity index (χ2v) is 7.36. The predicted octanol–water partition coefficient (Wildman–Crippen LogP) is 2.54. The first kappa shape index (κ1) is 15.2. The lowest BCUT2D eigenvalue weighted by Gasteiger charge is -2.50. The van der Waals surface area contributed by atoms with Gasteiger partial charge in [0.1, 0.15) is 18.1 Å². The number of aromatic nitrogens is 2. The first-order chi connectivity index (χ1) is 12.2. The van der Waals surface area contributed by atoms with Crippen LogP contribution in [0.3, 0.4) is 0 Å². The molecule has 6 rings (SSSR count). The highest BCUT2D eigenvalue weighted by Crippen LogP contribution is 2.42. The van der Waals surface area contributed by atoms with Gasteiger partial charge in [0.25, 0.3) is 0 Å². The predicted molar refractivity (Wildman–Crippen MR) is 92.6 cm³/mol. The van der Waals surface area contributed by atoms with Crippen molar-refractivity contribution >= 4 is 5.82 Å². The van der Waals surface area contributed by atoms with Crippen LogP contribution in [0.15, 0.2) is 36.7 Å². The van der Waals surface area contributed by atoms with Gasteiger partial charge in [0.2, 0.25) is 5.95 Å². The third-order valence-electron chi connectivity index (χ3n) is 5.92. The summed E-state index contributed by atoms with van der Waals surface area (Å²) in [5.74, 6) is 1.11. The van der Waals surface area contributed by atoms with Crippen molar-refractivity contribution in [2.75, 3.05) is 37.8 Å². The van der Waals surface area contributed by atoms with Gasteiger partial charge >= 0.3 is 0 Å². The normalized spacial score (nSPS) is 31.0. The number of halogens is 1. The van der Waals surface area contributed by atoms with E-state index in [1.807, 2.05) is 12.1 Å². The fourth-order valence-electron chi connectivity index (χ4n) is 4.55. The van der Waals surface area contributed by atoms with Crippen LogP contribution in [0.4, 0.5) is 10.2 Å². The number of piperidine rings is 3. The Kier molecular flexibility index (Phi) is 3.50. The molecule has 4 saturated heterocycles. The molecule has 130 valence electrons. The SMILES string of the molecule is Fc1ccc(-c2ccnc(N3CO[C@]4(CN5CCC4CC5)C3)c2)cn1. The van der Waals surface area contributed by atoms with E-state index in [-0.39, 0.29) is 5.60 Å².